The van der Waals surface area contributed by atoms with Crippen LogP contribution in [0.2, 0.25) is 0 Å². The van der Waals surface area contributed by atoms with Crippen molar-refractivity contribution in [2.45, 2.75) is 40.3 Å². The average Bonchev–Trinajstić information content (AvgIpc) is 2.33. The van der Waals surface area contributed by atoms with Crippen molar-refractivity contribution < 1.29 is 0 Å². The number of rotatable bonds is 4. The zero-order valence-corrected chi connectivity index (χ0v) is 8.91. The largest absolute Gasteiger partial charge is 0.367 e. The van der Waals surface area contributed by atoms with Crippen molar-refractivity contribution in [1.82, 2.24) is 9.55 Å². The van der Waals surface area contributed by atoms with Crippen LogP contribution >= 0.6 is 0 Å². The summed E-state index contributed by atoms with van der Waals surface area (Å²) in [5.74, 6) is 1.64. The molecular formula is C10H19N3. The van der Waals surface area contributed by atoms with E-state index < -0.39 is 0 Å². The molecule has 0 aliphatic carbocycles. The van der Waals surface area contributed by atoms with Crippen molar-refractivity contribution in [3.05, 3.63) is 12.5 Å². The molecule has 0 fully saturated rings. The van der Waals surface area contributed by atoms with Crippen molar-refractivity contribution in [1.29, 1.82) is 0 Å². The van der Waals surface area contributed by atoms with Crippen molar-refractivity contribution in [2.75, 3.05) is 5.32 Å². The van der Waals surface area contributed by atoms with Gasteiger partial charge in [-0.15, -0.1) is 0 Å². The lowest BCUT2D eigenvalue weighted by atomic mass is 10.2. The summed E-state index contributed by atoms with van der Waals surface area (Å²) in [6.07, 6.45) is 3.94. The van der Waals surface area contributed by atoms with E-state index in [2.05, 4.69) is 48.8 Å². The van der Waals surface area contributed by atoms with Gasteiger partial charge in [0.2, 0.25) is 0 Å². The minimum Gasteiger partial charge on any atom is -0.367 e. The standard InChI is InChI=1S/C10H19N3/c1-8(2)5-13-6-10(11-7-13)12-9(3)4/h6-9,12H,5H2,1-4H3. The van der Waals surface area contributed by atoms with Crippen LogP contribution in [0.1, 0.15) is 27.7 Å². The van der Waals surface area contributed by atoms with Gasteiger partial charge in [0.05, 0.1) is 6.33 Å². The van der Waals surface area contributed by atoms with Gasteiger partial charge < -0.3 is 9.88 Å². The Labute approximate surface area is 80.2 Å². The predicted octanol–water partition coefficient (Wildman–Crippen LogP) is 2.36. The smallest absolute Gasteiger partial charge is 0.144 e. The summed E-state index contributed by atoms with van der Waals surface area (Å²) in [6.45, 7) is 9.67. The van der Waals surface area contributed by atoms with Gasteiger partial charge in [-0.3, -0.25) is 0 Å². The van der Waals surface area contributed by atoms with Crippen LogP contribution < -0.4 is 5.32 Å². The van der Waals surface area contributed by atoms with Gasteiger partial charge in [-0.1, -0.05) is 13.8 Å². The topological polar surface area (TPSA) is 29.9 Å². The molecule has 74 valence electrons. The molecular weight excluding hydrogens is 162 g/mol. The maximum atomic E-state index is 4.26. The predicted molar refractivity (Wildman–Crippen MR) is 55.8 cm³/mol. The van der Waals surface area contributed by atoms with Crippen LogP contribution in [-0.2, 0) is 6.54 Å². The number of hydrogen-bond donors (Lipinski definition) is 1. The summed E-state index contributed by atoms with van der Waals surface area (Å²) in [5.41, 5.74) is 0. The fraction of sp³-hybridized carbons (Fsp3) is 0.700. The van der Waals surface area contributed by atoms with Crippen molar-refractivity contribution in [3.8, 4) is 0 Å². The van der Waals surface area contributed by atoms with E-state index in [-0.39, 0.29) is 0 Å². The zero-order chi connectivity index (χ0) is 9.84. The van der Waals surface area contributed by atoms with Crippen molar-refractivity contribution in [3.63, 3.8) is 0 Å². The van der Waals surface area contributed by atoms with Crippen LogP contribution in [-0.4, -0.2) is 15.6 Å². The quantitative estimate of drug-likeness (QED) is 0.772. The second kappa shape index (κ2) is 4.30. The zero-order valence-electron chi connectivity index (χ0n) is 8.91. The van der Waals surface area contributed by atoms with Crippen molar-refractivity contribution >= 4 is 5.82 Å². The van der Waals surface area contributed by atoms with Crippen LogP contribution in [0.25, 0.3) is 0 Å². The molecule has 1 rings (SSSR count). The third-order valence-electron chi connectivity index (χ3n) is 1.65. The average molecular weight is 181 g/mol. The molecule has 0 spiro atoms. The van der Waals surface area contributed by atoms with E-state index >= 15 is 0 Å². The Morgan fingerprint density at radius 1 is 1.38 bits per heavy atom. The maximum Gasteiger partial charge on any atom is 0.144 e. The second-order valence-corrected chi connectivity index (χ2v) is 4.15. The van der Waals surface area contributed by atoms with Crippen LogP contribution in [0.4, 0.5) is 5.82 Å². The van der Waals surface area contributed by atoms with E-state index in [0.29, 0.717) is 12.0 Å². The highest BCUT2D eigenvalue weighted by molar-refractivity contribution is 5.31. The molecule has 0 amide bonds. The fourth-order valence-electron chi connectivity index (χ4n) is 1.25. The monoisotopic (exact) mass is 181 g/mol. The molecule has 1 heterocycles. The molecule has 0 saturated heterocycles. The molecule has 0 bridgehead atoms. The Kier molecular flexibility index (Phi) is 3.34. The van der Waals surface area contributed by atoms with Crippen LogP contribution in [0.5, 0.6) is 0 Å². The number of hydrogen-bond acceptors (Lipinski definition) is 2. The molecule has 13 heavy (non-hydrogen) atoms. The molecule has 0 aliphatic rings. The van der Waals surface area contributed by atoms with Gasteiger partial charge in [0, 0.05) is 18.8 Å². The Hall–Kier alpha value is -0.990. The highest BCUT2D eigenvalue weighted by Gasteiger charge is 2.00. The Bertz CT molecular complexity index is 226. The first kappa shape index (κ1) is 10.1. The summed E-state index contributed by atoms with van der Waals surface area (Å²) in [7, 11) is 0. The van der Waals surface area contributed by atoms with Gasteiger partial charge in [0.25, 0.3) is 0 Å². The van der Waals surface area contributed by atoms with Gasteiger partial charge in [-0.25, -0.2) is 4.98 Å². The first-order valence-corrected chi connectivity index (χ1v) is 4.86. The Morgan fingerprint density at radius 3 is 2.62 bits per heavy atom. The van der Waals surface area contributed by atoms with E-state index in [4.69, 9.17) is 0 Å². The van der Waals surface area contributed by atoms with Gasteiger partial charge in [0.1, 0.15) is 5.82 Å². The van der Waals surface area contributed by atoms with Crippen LogP contribution in [0.15, 0.2) is 12.5 Å². The van der Waals surface area contributed by atoms with E-state index in [1.165, 1.54) is 0 Å². The molecule has 1 aromatic rings. The number of imidazole rings is 1. The first-order valence-electron chi connectivity index (χ1n) is 4.86. The SMILES string of the molecule is CC(C)Cn1cnc(NC(C)C)c1. The molecule has 0 radical (unpaired) electrons. The second-order valence-electron chi connectivity index (χ2n) is 4.15. The molecule has 1 aromatic heterocycles. The van der Waals surface area contributed by atoms with Gasteiger partial charge >= 0.3 is 0 Å². The van der Waals surface area contributed by atoms with Crippen molar-refractivity contribution in [2.24, 2.45) is 5.92 Å². The molecule has 0 saturated carbocycles. The molecule has 1 N–H and O–H groups in total. The Balaban J connectivity index is 2.53. The number of anilines is 1. The molecule has 3 nitrogen and oxygen atoms in total. The summed E-state index contributed by atoms with van der Waals surface area (Å²) < 4.78 is 2.12. The highest BCUT2D eigenvalue weighted by Crippen LogP contribution is 2.06. The molecule has 3 heteroatoms. The lowest BCUT2D eigenvalue weighted by molar-refractivity contribution is 0.523. The number of nitrogens with one attached hydrogen (secondary N) is 1. The molecule has 0 unspecified atom stereocenters. The maximum absolute atomic E-state index is 4.26. The summed E-state index contributed by atoms with van der Waals surface area (Å²) in [5, 5.41) is 3.27. The molecule has 0 atom stereocenters. The van der Waals surface area contributed by atoms with Gasteiger partial charge in [0.15, 0.2) is 0 Å². The van der Waals surface area contributed by atoms with E-state index in [1.807, 2.05) is 6.33 Å². The van der Waals surface area contributed by atoms with Crippen LogP contribution in [0.3, 0.4) is 0 Å². The summed E-state index contributed by atoms with van der Waals surface area (Å²) >= 11 is 0. The van der Waals surface area contributed by atoms with Crippen LogP contribution in [0, 0.1) is 5.92 Å². The summed E-state index contributed by atoms with van der Waals surface area (Å²) in [6, 6.07) is 0.447. The third-order valence-corrected chi connectivity index (χ3v) is 1.65. The Morgan fingerprint density at radius 2 is 2.08 bits per heavy atom. The fourth-order valence-corrected chi connectivity index (χ4v) is 1.25. The minimum absolute atomic E-state index is 0.447. The number of nitrogens with zero attached hydrogens (tertiary/aromatic N) is 2. The van der Waals surface area contributed by atoms with E-state index in [1.54, 1.807) is 0 Å². The first-order chi connectivity index (χ1) is 6.08. The normalized spacial score (nSPS) is 11.2. The lowest BCUT2D eigenvalue weighted by Crippen LogP contribution is -2.09. The highest BCUT2D eigenvalue weighted by atomic mass is 15.1. The van der Waals surface area contributed by atoms with Gasteiger partial charge in [-0.2, -0.15) is 0 Å². The molecule has 0 aliphatic heterocycles. The van der Waals surface area contributed by atoms with Gasteiger partial charge in [-0.05, 0) is 19.8 Å². The lowest BCUT2D eigenvalue weighted by Gasteiger charge is -2.06. The minimum atomic E-state index is 0.447. The summed E-state index contributed by atoms with van der Waals surface area (Å²) in [4.78, 5) is 4.26. The molecule has 0 aromatic carbocycles. The third kappa shape index (κ3) is 3.49. The van der Waals surface area contributed by atoms with E-state index in [9.17, 15) is 0 Å². The van der Waals surface area contributed by atoms with E-state index in [0.717, 1.165) is 12.4 Å². The number of aromatic nitrogens is 2.